The number of nitrogens with two attached hydrogens (primary N) is 1. The molecule has 0 heterocycles. The lowest BCUT2D eigenvalue weighted by Crippen LogP contribution is -2.44. The Bertz CT molecular complexity index is 588. The van der Waals surface area contributed by atoms with Gasteiger partial charge in [-0.2, -0.15) is 0 Å². The fraction of sp³-hybridized carbons (Fsp3) is 0.250. The molecule has 0 aliphatic heterocycles. The Morgan fingerprint density at radius 2 is 1.95 bits per heavy atom. The lowest BCUT2D eigenvalue weighted by molar-refractivity contribution is 0.501. The molecule has 0 radical (unpaired) electrons. The van der Waals surface area contributed by atoms with Crippen molar-refractivity contribution in [2.24, 2.45) is 5.73 Å². The molecule has 20 heavy (non-hydrogen) atoms. The molecule has 0 spiro atoms. The molecule has 106 valence electrons. The second kappa shape index (κ2) is 6.37. The van der Waals surface area contributed by atoms with E-state index >= 15 is 0 Å². The van der Waals surface area contributed by atoms with Crippen molar-refractivity contribution in [3.8, 4) is 0 Å². The van der Waals surface area contributed by atoms with Gasteiger partial charge in [-0.25, -0.2) is 4.39 Å². The molecule has 3 N–H and O–H groups in total. The summed E-state index contributed by atoms with van der Waals surface area (Å²) < 4.78 is 14.8. The molecule has 0 aromatic heterocycles. The summed E-state index contributed by atoms with van der Waals surface area (Å²) in [6, 6.07) is 14.7. The largest absolute Gasteiger partial charge is 0.378 e. The van der Waals surface area contributed by atoms with E-state index in [1.54, 1.807) is 12.1 Å². The molecule has 0 bridgehead atoms. The van der Waals surface area contributed by atoms with E-state index in [-0.39, 0.29) is 5.82 Å². The molecule has 0 amide bonds. The van der Waals surface area contributed by atoms with Crippen molar-refractivity contribution in [1.29, 1.82) is 0 Å². The normalized spacial score (nSPS) is 13.8. The molecule has 2 aromatic rings. The number of hydrogen-bond donors (Lipinski definition) is 2. The van der Waals surface area contributed by atoms with Crippen LogP contribution in [0.1, 0.15) is 12.5 Å². The highest BCUT2D eigenvalue weighted by Crippen LogP contribution is 2.23. The van der Waals surface area contributed by atoms with Gasteiger partial charge in [-0.05, 0) is 43.2 Å². The van der Waals surface area contributed by atoms with Gasteiger partial charge in [-0.3, -0.25) is 0 Å². The molecule has 0 fully saturated rings. The minimum atomic E-state index is -0.400. The summed E-state index contributed by atoms with van der Waals surface area (Å²) in [5, 5.41) is 3.40. The van der Waals surface area contributed by atoms with E-state index < -0.39 is 5.54 Å². The van der Waals surface area contributed by atoms with Crippen molar-refractivity contribution in [3.63, 3.8) is 0 Å². The van der Waals surface area contributed by atoms with Crippen molar-refractivity contribution in [3.05, 3.63) is 64.4 Å². The smallest absolute Gasteiger partial charge is 0.126 e. The highest BCUT2D eigenvalue weighted by atomic mass is 79.9. The van der Waals surface area contributed by atoms with Gasteiger partial charge in [0.05, 0.1) is 5.54 Å². The van der Waals surface area contributed by atoms with Gasteiger partial charge >= 0.3 is 0 Å². The number of benzene rings is 2. The Hall–Kier alpha value is -1.39. The Labute approximate surface area is 127 Å². The van der Waals surface area contributed by atoms with Gasteiger partial charge in [0.25, 0.3) is 0 Å². The highest BCUT2D eigenvalue weighted by molar-refractivity contribution is 9.10. The van der Waals surface area contributed by atoms with Crippen LogP contribution in [0.15, 0.2) is 53.0 Å². The van der Waals surface area contributed by atoms with Crippen molar-refractivity contribution < 1.29 is 4.39 Å². The van der Waals surface area contributed by atoms with Crippen molar-refractivity contribution in [2.45, 2.75) is 18.9 Å². The molecule has 4 heteroatoms. The van der Waals surface area contributed by atoms with Gasteiger partial charge in [0.15, 0.2) is 0 Å². The summed E-state index contributed by atoms with van der Waals surface area (Å²) in [5.74, 6) is -0.191. The number of rotatable bonds is 5. The van der Waals surface area contributed by atoms with Gasteiger partial charge < -0.3 is 11.1 Å². The summed E-state index contributed by atoms with van der Waals surface area (Å²) in [6.07, 6.45) is 0.530. The predicted molar refractivity (Wildman–Crippen MR) is 85.3 cm³/mol. The van der Waals surface area contributed by atoms with Crippen LogP contribution in [0, 0.1) is 5.82 Å². The number of nitrogens with one attached hydrogen (secondary N) is 1. The summed E-state index contributed by atoms with van der Waals surface area (Å²) in [4.78, 5) is 0. The molecule has 0 aliphatic rings. The lowest BCUT2D eigenvalue weighted by Gasteiger charge is -2.31. The van der Waals surface area contributed by atoms with Crippen molar-refractivity contribution in [2.75, 3.05) is 11.9 Å². The van der Waals surface area contributed by atoms with Crippen LogP contribution in [0.4, 0.5) is 10.1 Å². The molecule has 2 nitrogen and oxygen atoms in total. The van der Waals surface area contributed by atoms with Gasteiger partial charge in [0, 0.05) is 16.7 Å². The van der Waals surface area contributed by atoms with E-state index in [0.29, 0.717) is 18.5 Å². The Balaban J connectivity index is 2.19. The average Bonchev–Trinajstić information content (AvgIpc) is 2.41. The zero-order valence-corrected chi connectivity index (χ0v) is 13.0. The first-order valence-electron chi connectivity index (χ1n) is 6.50. The lowest BCUT2D eigenvalue weighted by atomic mass is 9.92. The molecule has 2 aromatic carbocycles. The van der Waals surface area contributed by atoms with E-state index in [1.807, 2.05) is 37.3 Å². The average molecular weight is 337 g/mol. The molecule has 0 saturated carbocycles. The van der Waals surface area contributed by atoms with Crippen LogP contribution in [-0.2, 0) is 6.42 Å². The summed E-state index contributed by atoms with van der Waals surface area (Å²) in [7, 11) is 0. The minimum Gasteiger partial charge on any atom is -0.378 e. The minimum absolute atomic E-state index is 0.191. The van der Waals surface area contributed by atoms with Crippen LogP contribution in [0.3, 0.4) is 0 Å². The first-order valence-corrected chi connectivity index (χ1v) is 7.29. The summed E-state index contributed by atoms with van der Waals surface area (Å²) in [5.41, 5.74) is 7.13. The third-order valence-corrected chi connectivity index (χ3v) is 3.75. The van der Waals surface area contributed by atoms with E-state index in [2.05, 4.69) is 21.2 Å². The number of halogens is 2. The molecular weight excluding hydrogens is 319 g/mol. The van der Waals surface area contributed by atoms with Crippen LogP contribution in [0.5, 0.6) is 0 Å². The molecule has 1 unspecified atom stereocenters. The van der Waals surface area contributed by atoms with Gasteiger partial charge in [-0.1, -0.05) is 40.2 Å². The van der Waals surface area contributed by atoms with Gasteiger partial charge in [0.1, 0.15) is 5.82 Å². The van der Waals surface area contributed by atoms with Gasteiger partial charge in [0.2, 0.25) is 0 Å². The topological polar surface area (TPSA) is 38.0 Å². The zero-order chi connectivity index (χ0) is 14.6. The molecule has 0 saturated heterocycles. The fourth-order valence-corrected chi connectivity index (χ4v) is 2.54. The monoisotopic (exact) mass is 336 g/mol. The van der Waals surface area contributed by atoms with Crippen molar-refractivity contribution >= 4 is 21.6 Å². The summed E-state index contributed by atoms with van der Waals surface area (Å²) in [6.45, 7) is 2.41. The zero-order valence-electron chi connectivity index (χ0n) is 11.4. The van der Waals surface area contributed by atoms with Crippen LogP contribution in [0.2, 0.25) is 0 Å². The van der Waals surface area contributed by atoms with E-state index in [1.165, 1.54) is 6.07 Å². The third-order valence-electron chi connectivity index (χ3n) is 3.26. The van der Waals surface area contributed by atoms with Crippen LogP contribution >= 0.6 is 15.9 Å². The maximum atomic E-state index is 13.8. The Morgan fingerprint density at radius 1 is 1.20 bits per heavy atom. The SMILES string of the molecule is CC(CN)(Cc1ccccc1F)Nc1cccc(Br)c1. The Kier molecular flexibility index (Phi) is 4.78. The van der Waals surface area contributed by atoms with E-state index in [4.69, 9.17) is 5.73 Å². The second-order valence-electron chi connectivity index (χ2n) is 5.17. The first-order chi connectivity index (χ1) is 9.52. The van der Waals surface area contributed by atoms with E-state index in [9.17, 15) is 4.39 Å². The van der Waals surface area contributed by atoms with Gasteiger partial charge in [-0.15, -0.1) is 0 Å². The first kappa shape index (κ1) is 15.0. The highest BCUT2D eigenvalue weighted by Gasteiger charge is 2.24. The third kappa shape index (κ3) is 3.81. The molecule has 0 aliphatic carbocycles. The van der Waals surface area contributed by atoms with Crippen LogP contribution in [-0.4, -0.2) is 12.1 Å². The quantitative estimate of drug-likeness (QED) is 0.867. The predicted octanol–water partition coefficient (Wildman–Crippen LogP) is 3.96. The second-order valence-corrected chi connectivity index (χ2v) is 6.08. The molecular formula is C16H18BrFN2. The maximum Gasteiger partial charge on any atom is 0.126 e. The molecule has 2 rings (SSSR count). The maximum absolute atomic E-state index is 13.8. The summed E-state index contributed by atoms with van der Waals surface area (Å²) >= 11 is 3.44. The number of hydrogen-bond acceptors (Lipinski definition) is 2. The van der Waals surface area contributed by atoms with Crippen LogP contribution < -0.4 is 11.1 Å². The standard InChI is InChI=1S/C16H18BrFN2/c1-16(11-19,10-12-5-2-3-8-15(12)18)20-14-7-4-6-13(17)9-14/h2-9,20H,10-11,19H2,1H3. The Morgan fingerprint density at radius 3 is 2.60 bits per heavy atom. The van der Waals surface area contributed by atoms with Crippen LogP contribution in [0.25, 0.3) is 0 Å². The molecule has 1 atom stereocenters. The fourth-order valence-electron chi connectivity index (χ4n) is 2.14. The van der Waals surface area contributed by atoms with Crippen molar-refractivity contribution in [1.82, 2.24) is 0 Å². The number of anilines is 1. The van der Waals surface area contributed by atoms with E-state index in [0.717, 1.165) is 10.2 Å².